The molecule has 0 bridgehead atoms. The summed E-state index contributed by atoms with van der Waals surface area (Å²) in [6, 6.07) is 5.48. The van der Waals surface area contributed by atoms with E-state index >= 15 is 0 Å². The van der Waals surface area contributed by atoms with Crippen molar-refractivity contribution in [3.05, 3.63) is 46.8 Å². The van der Waals surface area contributed by atoms with Crippen LogP contribution in [0.4, 0.5) is 8.78 Å². The van der Waals surface area contributed by atoms with Crippen LogP contribution in [-0.4, -0.2) is 53.3 Å². The highest BCUT2D eigenvalue weighted by Crippen LogP contribution is 2.36. The molecule has 0 amide bonds. The minimum Gasteiger partial charge on any atom is -0.489 e. The number of alkyl halides is 2. The van der Waals surface area contributed by atoms with Gasteiger partial charge in [0.25, 0.3) is 0 Å². The topological polar surface area (TPSA) is 40.4 Å². The van der Waals surface area contributed by atoms with Gasteiger partial charge in [-0.15, -0.1) is 0 Å². The first-order valence-corrected chi connectivity index (χ1v) is 11.2. The second kappa shape index (κ2) is 8.99. The smallest absolute Gasteiger partial charge is 0.248 e. The highest BCUT2D eigenvalue weighted by atomic mass is 35.5. The van der Waals surface area contributed by atoms with Gasteiger partial charge in [-0.1, -0.05) is 23.7 Å². The van der Waals surface area contributed by atoms with Crippen molar-refractivity contribution in [3.8, 4) is 5.75 Å². The summed E-state index contributed by atoms with van der Waals surface area (Å²) in [4.78, 5) is 13.7. The van der Waals surface area contributed by atoms with Crippen molar-refractivity contribution < 1.29 is 13.5 Å². The van der Waals surface area contributed by atoms with Crippen LogP contribution in [0.2, 0.25) is 5.02 Å². The molecule has 1 aromatic carbocycles. The minimum absolute atomic E-state index is 0.136. The fourth-order valence-corrected chi connectivity index (χ4v) is 4.13. The van der Waals surface area contributed by atoms with Gasteiger partial charge in [0, 0.05) is 32.1 Å². The predicted molar refractivity (Wildman–Crippen MR) is 121 cm³/mol. The monoisotopic (exact) mass is 448 g/mol. The Hall–Kier alpha value is -2.41. The zero-order chi connectivity index (χ0) is 22.0. The lowest BCUT2D eigenvalue weighted by molar-refractivity contribution is -0.0582. The van der Waals surface area contributed by atoms with Crippen LogP contribution in [0, 0.1) is 0 Å². The third kappa shape index (κ3) is 5.09. The van der Waals surface area contributed by atoms with Gasteiger partial charge in [-0.2, -0.15) is 0 Å². The van der Waals surface area contributed by atoms with E-state index in [-0.39, 0.29) is 18.9 Å². The molecule has 8 heteroatoms. The summed E-state index contributed by atoms with van der Waals surface area (Å²) in [5.41, 5.74) is 1.77. The van der Waals surface area contributed by atoms with E-state index in [1.54, 1.807) is 12.1 Å². The molecule has 5 nitrogen and oxygen atoms in total. The summed E-state index contributed by atoms with van der Waals surface area (Å²) < 4.78 is 32.5. The zero-order valence-electron chi connectivity index (χ0n) is 17.8. The molecule has 3 aliphatic rings. The second-order valence-electron chi connectivity index (χ2n) is 8.02. The van der Waals surface area contributed by atoms with E-state index in [0.717, 1.165) is 36.9 Å². The summed E-state index contributed by atoms with van der Waals surface area (Å²) in [6.07, 6.45) is 6.01. The van der Waals surface area contributed by atoms with Crippen molar-refractivity contribution >= 4 is 29.3 Å². The number of rotatable bonds is 6. The highest BCUT2D eigenvalue weighted by Gasteiger charge is 2.35. The maximum absolute atomic E-state index is 13.3. The second-order valence-corrected chi connectivity index (χ2v) is 8.43. The van der Waals surface area contributed by atoms with Gasteiger partial charge in [0.2, 0.25) is 5.92 Å². The van der Waals surface area contributed by atoms with Crippen LogP contribution < -0.4 is 4.74 Å². The number of hydrogen-bond acceptors (Lipinski definition) is 5. The number of hydrogen-bond donors (Lipinski definition) is 0. The Kier molecular flexibility index (Phi) is 6.32. The molecular formula is C23H27ClF2N4O. The molecule has 0 saturated heterocycles. The maximum Gasteiger partial charge on any atom is 0.248 e. The van der Waals surface area contributed by atoms with E-state index in [1.165, 1.54) is 0 Å². The molecular weight excluding hydrogens is 422 g/mol. The third-order valence-corrected chi connectivity index (χ3v) is 6.06. The van der Waals surface area contributed by atoms with Crippen molar-refractivity contribution in [2.75, 3.05) is 19.8 Å². The van der Waals surface area contributed by atoms with Crippen LogP contribution >= 0.6 is 11.6 Å². The molecule has 2 aliphatic heterocycles. The number of likely N-dealkylation sites (N-methyl/N-ethyl adjacent to an activating group) is 1. The van der Waals surface area contributed by atoms with Gasteiger partial charge in [0.05, 0.1) is 17.8 Å². The van der Waals surface area contributed by atoms with Gasteiger partial charge in [0.15, 0.2) is 11.7 Å². The molecule has 0 atom stereocenters. The fraction of sp³-hybridized carbons (Fsp3) is 0.478. The zero-order valence-corrected chi connectivity index (χ0v) is 18.6. The molecule has 0 spiro atoms. The van der Waals surface area contributed by atoms with Crippen LogP contribution in [0.3, 0.4) is 0 Å². The van der Waals surface area contributed by atoms with Crippen molar-refractivity contribution in [3.63, 3.8) is 0 Å². The van der Waals surface area contributed by atoms with Gasteiger partial charge < -0.3 is 14.5 Å². The quantitative estimate of drug-likeness (QED) is 0.570. The molecule has 31 heavy (non-hydrogen) atoms. The van der Waals surface area contributed by atoms with E-state index in [4.69, 9.17) is 16.3 Å². The molecule has 166 valence electrons. The molecule has 1 aromatic rings. The third-order valence-electron chi connectivity index (χ3n) is 5.77. The van der Waals surface area contributed by atoms with Gasteiger partial charge in [-0.3, -0.25) is 0 Å². The first-order valence-electron chi connectivity index (χ1n) is 10.8. The van der Waals surface area contributed by atoms with Gasteiger partial charge in [-0.25, -0.2) is 18.8 Å². The average molecular weight is 449 g/mol. The maximum atomic E-state index is 13.3. The first-order chi connectivity index (χ1) is 14.9. The molecule has 1 saturated carbocycles. The Balaban J connectivity index is 1.42. The summed E-state index contributed by atoms with van der Waals surface area (Å²) in [5, 5.41) is 0.464. The molecule has 2 heterocycles. The number of ether oxygens (including phenoxy) is 1. The normalized spacial score (nSPS) is 21.1. The lowest BCUT2D eigenvalue weighted by atomic mass is 9.94. The highest BCUT2D eigenvalue weighted by molar-refractivity contribution is 6.32. The average Bonchev–Trinajstić information content (AvgIpc) is 3.17. The van der Waals surface area contributed by atoms with Crippen molar-refractivity contribution in [2.45, 2.75) is 51.6 Å². The number of nitrogens with zero attached hydrogens (tertiary/aromatic N) is 4. The van der Waals surface area contributed by atoms with Gasteiger partial charge >= 0.3 is 0 Å². The predicted octanol–water partition coefficient (Wildman–Crippen LogP) is 5.58. The van der Waals surface area contributed by atoms with E-state index in [1.807, 2.05) is 18.2 Å². The summed E-state index contributed by atoms with van der Waals surface area (Å²) in [7, 11) is 0. The number of benzene rings is 1. The van der Waals surface area contributed by atoms with Crippen molar-refractivity contribution in [2.24, 2.45) is 9.98 Å². The van der Waals surface area contributed by atoms with Crippen LogP contribution in [-0.2, 0) is 0 Å². The fourth-order valence-electron chi connectivity index (χ4n) is 3.90. The van der Waals surface area contributed by atoms with Crippen LogP contribution in [0.5, 0.6) is 5.75 Å². The summed E-state index contributed by atoms with van der Waals surface area (Å²) in [6.45, 7) is 6.83. The Morgan fingerprint density at radius 2 is 1.94 bits per heavy atom. The van der Waals surface area contributed by atoms with E-state index in [9.17, 15) is 8.78 Å². The molecule has 0 aromatic heterocycles. The van der Waals surface area contributed by atoms with E-state index < -0.39 is 5.92 Å². The largest absolute Gasteiger partial charge is 0.489 e. The Morgan fingerprint density at radius 3 is 2.61 bits per heavy atom. The van der Waals surface area contributed by atoms with Gasteiger partial charge in [0.1, 0.15) is 11.4 Å². The molecule has 1 fully saturated rings. The number of fused-ring (bicyclic) bond motifs is 1. The van der Waals surface area contributed by atoms with Crippen LogP contribution in [0.25, 0.3) is 6.08 Å². The molecule has 0 N–H and O–H groups in total. The minimum atomic E-state index is -2.57. The SMILES string of the molecule is CCN1C=C2N=C(C=Cc3ccc(OC4CCC(F)(F)CC4)c(Cl)c3)N=C2N(CC)C1. The summed E-state index contributed by atoms with van der Waals surface area (Å²) in [5.74, 6) is -0.480. The van der Waals surface area contributed by atoms with Crippen molar-refractivity contribution in [1.29, 1.82) is 0 Å². The molecule has 0 radical (unpaired) electrons. The Labute approximate surface area is 186 Å². The van der Waals surface area contributed by atoms with Gasteiger partial charge in [-0.05, 0) is 50.5 Å². The van der Waals surface area contributed by atoms with E-state index in [0.29, 0.717) is 29.4 Å². The summed E-state index contributed by atoms with van der Waals surface area (Å²) >= 11 is 6.38. The number of aliphatic imine (C=N–C) groups is 2. The van der Waals surface area contributed by atoms with Crippen LogP contribution in [0.15, 0.2) is 46.2 Å². The molecule has 1 aliphatic carbocycles. The Morgan fingerprint density at radius 1 is 1.16 bits per heavy atom. The lowest BCUT2D eigenvalue weighted by Gasteiger charge is -2.33. The van der Waals surface area contributed by atoms with E-state index in [2.05, 4.69) is 39.8 Å². The number of amidine groups is 2. The van der Waals surface area contributed by atoms with Crippen LogP contribution in [0.1, 0.15) is 45.1 Å². The lowest BCUT2D eigenvalue weighted by Crippen LogP contribution is -2.43. The molecule has 4 rings (SSSR count). The van der Waals surface area contributed by atoms with Crippen molar-refractivity contribution in [1.82, 2.24) is 9.80 Å². The molecule has 0 unspecified atom stereocenters. The first kappa shape index (κ1) is 21.8. The standard InChI is InChI=1S/C23H27ClF2N4O/c1-3-29-14-19-22(30(4-2)15-29)28-21(27-19)8-6-16-5-7-20(18(24)13-16)31-17-9-11-23(25,26)12-10-17/h5-8,13-14,17H,3-4,9-12,15H2,1-2H3. The Bertz CT molecular complexity index is 947. The number of halogens is 3.